The molecule has 0 bridgehead atoms. The molecule has 1 fully saturated rings. The van der Waals surface area contributed by atoms with Gasteiger partial charge in [0.2, 0.25) is 0 Å². The van der Waals surface area contributed by atoms with Crippen molar-refractivity contribution in [2.24, 2.45) is 0 Å². The van der Waals surface area contributed by atoms with Crippen molar-refractivity contribution in [3.05, 3.63) is 0 Å². The molecule has 0 aromatic carbocycles. The lowest BCUT2D eigenvalue weighted by Crippen LogP contribution is -2.16. The molecular formula is C5H8O3. The van der Waals surface area contributed by atoms with Crippen molar-refractivity contribution < 1.29 is 14.6 Å². The van der Waals surface area contributed by atoms with Crippen molar-refractivity contribution in [1.82, 2.24) is 0 Å². The summed E-state index contributed by atoms with van der Waals surface area (Å²) in [5, 5.41) is 0. The van der Waals surface area contributed by atoms with E-state index in [1.54, 1.807) is 13.8 Å². The molecule has 1 heterocycles. The van der Waals surface area contributed by atoms with Crippen LogP contribution in [0, 0.1) is 0 Å². The third-order valence-corrected chi connectivity index (χ3v) is 0.930. The van der Waals surface area contributed by atoms with Gasteiger partial charge in [0, 0.05) is 0 Å². The Bertz CT molecular complexity index is 117. The zero-order valence-electron chi connectivity index (χ0n) is 4.93. The Balaban J connectivity index is 2.56. The Morgan fingerprint density at radius 3 is 2.38 bits per heavy atom. The van der Waals surface area contributed by atoms with Gasteiger partial charge in [-0.05, 0) is 13.8 Å². The maximum absolute atomic E-state index is 10.3. The molecule has 0 spiro atoms. The smallest absolute Gasteiger partial charge is 0.298 e. The van der Waals surface area contributed by atoms with Crippen molar-refractivity contribution >= 4 is 5.97 Å². The molecule has 0 N–H and O–H groups in total. The molecule has 0 saturated carbocycles. The van der Waals surface area contributed by atoms with Crippen molar-refractivity contribution in [3.8, 4) is 0 Å². The van der Waals surface area contributed by atoms with E-state index in [0.717, 1.165) is 0 Å². The number of carbonyl (C=O) groups is 1. The fraction of sp³-hybridized carbons (Fsp3) is 0.800. The number of rotatable bonds is 0. The molecule has 0 atom stereocenters. The lowest BCUT2D eigenvalue weighted by Gasteiger charge is -2.07. The first-order valence-electron chi connectivity index (χ1n) is 2.49. The first kappa shape index (κ1) is 5.56. The second-order valence-corrected chi connectivity index (χ2v) is 2.48. The Hall–Kier alpha value is -0.570. The fourth-order valence-electron chi connectivity index (χ4n) is 0.566. The Labute approximate surface area is 47.5 Å². The van der Waals surface area contributed by atoms with Gasteiger partial charge >= 0.3 is 5.97 Å². The molecule has 0 aliphatic carbocycles. The summed E-state index contributed by atoms with van der Waals surface area (Å²) < 4.78 is 0. The normalized spacial score (nSPS) is 25.5. The van der Waals surface area contributed by atoms with Gasteiger partial charge < -0.3 is 0 Å². The molecule has 3 nitrogen and oxygen atoms in total. The highest BCUT2D eigenvalue weighted by Gasteiger charge is 2.33. The summed E-state index contributed by atoms with van der Waals surface area (Å²) in [5.74, 6) is -0.282. The van der Waals surface area contributed by atoms with Gasteiger partial charge in [0.1, 0.15) is 5.60 Å². The van der Waals surface area contributed by atoms with Gasteiger partial charge in [-0.15, -0.1) is 0 Å². The van der Waals surface area contributed by atoms with Gasteiger partial charge in [-0.2, -0.15) is 4.89 Å². The van der Waals surface area contributed by atoms with E-state index in [1.165, 1.54) is 0 Å². The zero-order chi connectivity index (χ0) is 6.20. The molecule has 0 amide bonds. The van der Waals surface area contributed by atoms with Crippen LogP contribution in [0.25, 0.3) is 0 Å². The second-order valence-electron chi connectivity index (χ2n) is 2.48. The maximum atomic E-state index is 10.3. The van der Waals surface area contributed by atoms with Gasteiger partial charge in [0.15, 0.2) is 0 Å². The highest BCUT2D eigenvalue weighted by molar-refractivity contribution is 5.71. The first-order chi connectivity index (χ1) is 3.60. The molecule has 8 heavy (non-hydrogen) atoms. The van der Waals surface area contributed by atoms with E-state index in [-0.39, 0.29) is 5.97 Å². The van der Waals surface area contributed by atoms with Crippen LogP contribution in [0.4, 0.5) is 0 Å². The van der Waals surface area contributed by atoms with Crippen LogP contribution >= 0.6 is 0 Å². The van der Waals surface area contributed by atoms with E-state index in [1.807, 2.05) is 0 Å². The highest BCUT2D eigenvalue weighted by atomic mass is 17.2. The number of hydrogen-bond acceptors (Lipinski definition) is 3. The Morgan fingerprint density at radius 2 is 2.25 bits per heavy atom. The molecule has 1 aliphatic rings. The third-order valence-electron chi connectivity index (χ3n) is 0.930. The standard InChI is InChI=1S/C5H8O3/c1-5(2)3-4(6)7-8-5/h3H2,1-2H3. The Kier molecular flexibility index (Phi) is 1.01. The summed E-state index contributed by atoms with van der Waals surface area (Å²) in [7, 11) is 0. The average Bonchev–Trinajstić information content (AvgIpc) is 1.82. The SMILES string of the molecule is CC1(C)CC(=O)OO1. The van der Waals surface area contributed by atoms with E-state index < -0.39 is 5.60 Å². The molecule has 1 rings (SSSR count). The molecule has 0 aromatic heterocycles. The molecule has 3 heteroatoms. The van der Waals surface area contributed by atoms with E-state index in [0.29, 0.717) is 6.42 Å². The van der Waals surface area contributed by atoms with Gasteiger partial charge in [0.25, 0.3) is 0 Å². The maximum Gasteiger partial charge on any atom is 0.345 e. The summed E-state index contributed by atoms with van der Waals surface area (Å²) in [4.78, 5) is 19.1. The summed E-state index contributed by atoms with van der Waals surface area (Å²) >= 11 is 0. The summed E-state index contributed by atoms with van der Waals surface area (Å²) in [6.07, 6.45) is 0.354. The molecule has 0 unspecified atom stereocenters. The second kappa shape index (κ2) is 1.45. The predicted molar refractivity (Wildman–Crippen MR) is 25.9 cm³/mol. The van der Waals surface area contributed by atoms with Gasteiger partial charge in [0.05, 0.1) is 6.42 Å². The minimum absolute atomic E-state index is 0.282. The zero-order valence-corrected chi connectivity index (χ0v) is 4.93. The van der Waals surface area contributed by atoms with E-state index in [9.17, 15) is 4.79 Å². The average molecular weight is 116 g/mol. The van der Waals surface area contributed by atoms with Crippen molar-refractivity contribution in [1.29, 1.82) is 0 Å². The van der Waals surface area contributed by atoms with E-state index in [2.05, 4.69) is 9.78 Å². The lowest BCUT2D eigenvalue weighted by molar-refractivity contribution is -0.284. The first-order valence-corrected chi connectivity index (χ1v) is 2.49. The molecule has 0 aromatic rings. The number of carbonyl (C=O) groups excluding carboxylic acids is 1. The van der Waals surface area contributed by atoms with Gasteiger partial charge in [-0.25, -0.2) is 4.79 Å². The number of hydrogen-bond donors (Lipinski definition) is 0. The van der Waals surface area contributed by atoms with Crippen LogP contribution in [0.3, 0.4) is 0 Å². The van der Waals surface area contributed by atoms with Gasteiger partial charge in [-0.3, -0.25) is 4.89 Å². The van der Waals surface area contributed by atoms with Crippen LogP contribution in [0.1, 0.15) is 20.3 Å². The summed E-state index contributed by atoms with van der Waals surface area (Å²) in [6, 6.07) is 0. The quantitative estimate of drug-likeness (QED) is 0.436. The largest absolute Gasteiger partial charge is 0.345 e. The predicted octanol–water partition coefficient (Wildman–Crippen LogP) is 0.643. The molecule has 46 valence electrons. The monoisotopic (exact) mass is 116 g/mol. The molecular weight excluding hydrogens is 108 g/mol. The molecule has 1 saturated heterocycles. The topological polar surface area (TPSA) is 35.5 Å². The van der Waals surface area contributed by atoms with Crippen LogP contribution in [-0.2, 0) is 14.6 Å². The summed E-state index contributed by atoms with van der Waals surface area (Å²) in [5.41, 5.74) is -0.406. The lowest BCUT2D eigenvalue weighted by atomic mass is 10.1. The third kappa shape index (κ3) is 0.980. The van der Waals surface area contributed by atoms with E-state index in [4.69, 9.17) is 0 Å². The minimum atomic E-state index is -0.406. The van der Waals surface area contributed by atoms with Crippen molar-refractivity contribution in [3.63, 3.8) is 0 Å². The summed E-state index contributed by atoms with van der Waals surface area (Å²) in [6.45, 7) is 3.61. The van der Waals surface area contributed by atoms with Crippen LogP contribution < -0.4 is 0 Å². The van der Waals surface area contributed by atoms with Crippen molar-refractivity contribution in [2.75, 3.05) is 0 Å². The van der Waals surface area contributed by atoms with Crippen LogP contribution in [0.2, 0.25) is 0 Å². The van der Waals surface area contributed by atoms with Gasteiger partial charge in [-0.1, -0.05) is 0 Å². The van der Waals surface area contributed by atoms with Crippen LogP contribution in [-0.4, -0.2) is 11.6 Å². The van der Waals surface area contributed by atoms with Crippen LogP contribution in [0.5, 0.6) is 0 Å². The Morgan fingerprint density at radius 1 is 1.62 bits per heavy atom. The van der Waals surface area contributed by atoms with Crippen molar-refractivity contribution in [2.45, 2.75) is 25.9 Å². The highest BCUT2D eigenvalue weighted by Crippen LogP contribution is 2.21. The van der Waals surface area contributed by atoms with E-state index >= 15 is 0 Å². The molecule has 1 aliphatic heterocycles. The fourth-order valence-corrected chi connectivity index (χ4v) is 0.566. The molecule has 0 radical (unpaired) electrons. The van der Waals surface area contributed by atoms with Crippen LogP contribution in [0.15, 0.2) is 0 Å². The minimum Gasteiger partial charge on any atom is -0.298 e.